The third kappa shape index (κ3) is 7.61. The van der Waals surface area contributed by atoms with E-state index >= 15 is 0 Å². The quantitative estimate of drug-likeness (QED) is 0.632. The van der Waals surface area contributed by atoms with E-state index in [1.807, 2.05) is 21.0 Å². The summed E-state index contributed by atoms with van der Waals surface area (Å²) in [4.78, 5) is 4.02. The Balaban J connectivity index is 0. The zero-order chi connectivity index (χ0) is 8.53. The molecule has 0 rings (SSSR count). The first-order valence-electron chi connectivity index (χ1n) is 3.95. The molecule has 0 bridgehead atoms. The Kier molecular flexibility index (Phi) is 12.3. The Hall–Kier alpha value is -0.500. The van der Waals surface area contributed by atoms with E-state index in [1.54, 1.807) is 0 Å². The van der Waals surface area contributed by atoms with Gasteiger partial charge in [-0.2, -0.15) is 0 Å². The molecule has 0 amide bonds. The van der Waals surface area contributed by atoms with E-state index in [0.717, 1.165) is 25.2 Å². The van der Waals surface area contributed by atoms with Gasteiger partial charge in [-0.3, -0.25) is 0 Å². The van der Waals surface area contributed by atoms with Gasteiger partial charge in [-0.25, -0.2) is 4.99 Å². The van der Waals surface area contributed by atoms with Gasteiger partial charge in [0.15, 0.2) is 0 Å². The molecule has 72 valence electrons. The maximum Gasteiger partial charge on any atom is 0.0741 e. The molecule has 0 aromatic rings. The third-order valence-corrected chi connectivity index (χ3v) is 1.30. The molecule has 0 aromatic carbocycles. The minimum atomic E-state index is 0. The van der Waals surface area contributed by atoms with Crippen molar-refractivity contribution in [2.45, 2.75) is 13.3 Å². The van der Waals surface area contributed by atoms with Crippen molar-refractivity contribution in [2.24, 2.45) is 4.99 Å². The Labute approximate surface area is 80.8 Å². The minimum absolute atomic E-state index is 0. The van der Waals surface area contributed by atoms with E-state index in [1.165, 1.54) is 0 Å². The summed E-state index contributed by atoms with van der Waals surface area (Å²) in [6.45, 7) is 3.76. The highest BCUT2D eigenvalue weighted by molar-refractivity contribution is 5.85. The van der Waals surface area contributed by atoms with Crippen LogP contribution in [0.25, 0.3) is 0 Å². The molecule has 0 aliphatic heterocycles. The molecule has 0 spiro atoms. The van der Waals surface area contributed by atoms with Crippen LogP contribution in [0.1, 0.15) is 13.3 Å². The van der Waals surface area contributed by atoms with Crippen molar-refractivity contribution in [1.82, 2.24) is 10.6 Å². The first-order chi connectivity index (χ1) is 5.35. The van der Waals surface area contributed by atoms with Crippen LogP contribution in [0.4, 0.5) is 0 Å². The number of nitrogens with one attached hydrogen (secondary N) is 2. The van der Waals surface area contributed by atoms with Gasteiger partial charge in [-0.05, 0) is 14.0 Å². The molecule has 3 nitrogen and oxygen atoms in total. The van der Waals surface area contributed by atoms with Crippen LogP contribution in [-0.4, -0.2) is 33.1 Å². The van der Waals surface area contributed by atoms with Crippen molar-refractivity contribution in [3.05, 3.63) is 5.70 Å². The van der Waals surface area contributed by atoms with E-state index in [9.17, 15) is 0 Å². The van der Waals surface area contributed by atoms with E-state index in [2.05, 4.69) is 21.5 Å². The lowest BCUT2D eigenvalue weighted by Gasteiger charge is -2.00. The Bertz CT molecular complexity index is 150. The third-order valence-electron chi connectivity index (χ3n) is 1.30. The van der Waals surface area contributed by atoms with Gasteiger partial charge in [0, 0.05) is 32.4 Å². The van der Waals surface area contributed by atoms with Crippen LogP contribution in [0.3, 0.4) is 0 Å². The molecule has 4 heteroatoms. The second-order valence-electron chi connectivity index (χ2n) is 2.17. The number of hydrogen-bond donors (Lipinski definition) is 2. The van der Waals surface area contributed by atoms with Crippen molar-refractivity contribution in [3.8, 4) is 0 Å². The summed E-state index contributed by atoms with van der Waals surface area (Å²) in [5, 5.41) is 6.11. The first-order valence-corrected chi connectivity index (χ1v) is 3.95. The van der Waals surface area contributed by atoms with Crippen LogP contribution in [0, 0.1) is 0 Å². The van der Waals surface area contributed by atoms with Crippen LogP contribution < -0.4 is 10.6 Å². The molecular formula is C8H18ClN3. The molecule has 0 fully saturated rings. The van der Waals surface area contributed by atoms with Crippen LogP contribution in [0.2, 0.25) is 0 Å². The molecule has 0 unspecified atom stereocenters. The van der Waals surface area contributed by atoms with Gasteiger partial charge >= 0.3 is 0 Å². The molecule has 0 atom stereocenters. The number of aliphatic imine (C=N–C) groups is 1. The molecular weight excluding hydrogens is 174 g/mol. The topological polar surface area (TPSA) is 36.4 Å². The molecule has 0 saturated heterocycles. The van der Waals surface area contributed by atoms with Crippen LogP contribution in [0.15, 0.2) is 10.7 Å². The van der Waals surface area contributed by atoms with Gasteiger partial charge in [0.25, 0.3) is 0 Å². The smallest absolute Gasteiger partial charge is 0.0741 e. The van der Waals surface area contributed by atoms with Crippen molar-refractivity contribution in [2.75, 3.05) is 27.2 Å². The van der Waals surface area contributed by atoms with Gasteiger partial charge in [0.2, 0.25) is 0 Å². The van der Waals surface area contributed by atoms with Crippen LogP contribution in [0.5, 0.6) is 0 Å². The summed E-state index contributed by atoms with van der Waals surface area (Å²) in [5.41, 5.74) is 1.06. The molecule has 0 aliphatic rings. The summed E-state index contributed by atoms with van der Waals surface area (Å²) in [6, 6.07) is 0. The van der Waals surface area contributed by atoms with Gasteiger partial charge in [0.1, 0.15) is 0 Å². The van der Waals surface area contributed by atoms with E-state index in [4.69, 9.17) is 0 Å². The maximum atomic E-state index is 4.02. The second kappa shape index (κ2) is 10.5. The predicted octanol–water partition coefficient (Wildman–Crippen LogP) is 0.811. The summed E-state index contributed by atoms with van der Waals surface area (Å²) in [7, 11) is 3.83. The fraction of sp³-hybridized carbons (Fsp3) is 0.750. The minimum Gasteiger partial charge on any atom is -0.384 e. The molecule has 0 heterocycles. The fourth-order valence-electron chi connectivity index (χ4n) is 0.661. The SMILES string of the molecule is CCN=C=C(CCNC)NC.Cl. The van der Waals surface area contributed by atoms with Crippen molar-refractivity contribution in [3.63, 3.8) is 0 Å². The van der Waals surface area contributed by atoms with Crippen molar-refractivity contribution in [1.29, 1.82) is 0 Å². The molecule has 0 radical (unpaired) electrons. The summed E-state index contributed by atoms with van der Waals surface area (Å²) in [5.74, 6) is 2.94. The van der Waals surface area contributed by atoms with Gasteiger partial charge < -0.3 is 10.6 Å². The summed E-state index contributed by atoms with van der Waals surface area (Å²) in [6.07, 6.45) is 0.955. The van der Waals surface area contributed by atoms with Gasteiger partial charge in [-0.1, -0.05) is 0 Å². The molecule has 0 aromatic heterocycles. The number of hydrogen-bond acceptors (Lipinski definition) is 3. The average Bonchev–Trinajstić information content (AvgIpc) is 2.05. The highest BCUT2D eigenvalue weighted by atomic mass is 35.5. The Morgan fingerprint density at radius 1 is 1.42 bits per heavy atom. The standard InChI is InChI=1S/C8H17N3.ClH/c1-4-11-7-8(10-3)5-6-9-2;/h9-10H,4-6H2,1-3H3;1H. The average molecular weight is 192 g/mol. The normalized spacial score (nSPS) is 7.92. The monoisotopic (exact) mass is 191 g/mol. The second-order valence-corrected chi connectivity index (χ2v) is 2.17. The number of rotatable bonds is 5. The first kappa shape index (κ1) is 14.0. The summed E-state index contributed by atoms with van der Waals surface area (Å²) < 4.78 is 0. The Morgan fingerprint density at radius 3 is 2.50 bits per heavy atom. The van der Waals surface area contributed by atoms with E-state index in [-0.39, 0.29) is 12.4 Å². The lowest BCUT2D eigenvalue weighted by atomic mass is 10.3. The fourth-order valence-corrected chi connectivity index (χ4v) is 0.661. The largest absolute Gasteiger partial charge is 0.384 e. The highest BCUT2D eigenvalue weighted by Gasteiger charge is 1.89. The Morgan fingerprint density at radius 2 is 2.08 bits per heavy atom. The van der Waals surface area contributed by atoms with Gasteiger partial charge in [0.05, 0.1) is 5.70 Å². The lowest BCUT2D eigenvalue weighted by Crippen LogP contribution is -2.14. The molecule has 0 aliphatic carbocycles. The van der Waals surface area contributed by atoms with Crippen molar-refractivity contribution < 1.29 is 0 Å². The maximum absolute atomic E-state index is 4.02. The van der Waals surface area contributed by atoms with Crippen LogP contribution in [-0.2, 0) is 0 Å². The lowest BCUT2D eigenvalue weighted by molar-refractivity contribution is 0.755. The molecule has 12 heavy (non-hydrogen) atoms. The summed E-state index contributed by atoms with van der Waals surface area (Å²) >= 11 is 0. The number of halogens is 1. The van der Waals surface area contributed by atoms with E-state index < -0.39 is 0 Å². The zero-order valence-corrected chi connectivity index (χ0v) is 8.79. The highest BCUT2D eigenvalue weighted by Crippen LogP contribution is 1.87. The zero-order valence-electron chi connectivity index (χ0n) is 7.98. The van der Waals surface area contributed by atoms with E-state index in [0.29, 0.717) is 0 Å². The van der Waals surface area contributed by atoms with Crippen LogP contribution >= 0.6 is 12.4 Å². The van der Waals surface area contributed by atoms with Crippen molar-refractivity contribution >= 4 is 18.3 Å². The molecule has 0 saturated carbocycles. The molecule has 2 N–H and O–H groups in total. The predicted molar refractivity (Wildman–Crippen MR) is 56.3 cm³/mol. The van der Waals surface area contributed by atoms with Gasteiger partial charge in [-0.15, -0.1) is 12.4 Å². The number of nitrogens with zero attached hydrogens (tertiary/aromatic N) is 1.